The van der Waals surface area contributed by atoms with Gasteiger partial charge < -0.3 is 10.5 Å². The van der Waals surface area contributed by atoms with Crippen LogP contribution in [0.15, 0.2) is 77.1 Å². The molecule has 3 nitrogen and oxygen atoms in total. The molecule has 2 aromatic rings. The summed E-state index contributed by atoms with van der Waals surface area (Å²) in [6.45, 7) is 10.2. The average Bonchev–Trinajstić information content (AvgIpc) is 2.77. The van der Waals surface area contributed by atoms with Crippen LogP contribution in [0.25, 0.3) is 6.08 Å². The molecule has 1 amide bonds. The first-order valence-corrected chi connectivity index (χ1v) is 11.8. The van der Waals surface area contributed by atoms with Crippen LogP contribution >= 0.6 is 11.8 Å². The molecular weight excluding hydrogens is 426 g/mol. The molecule has 4 heteroatoms. The molecule has 2 aromatic carbocycles. The molecule has 0 radical (unpaired) electrons. The van der Waals surface area contributed by atoms with Gasteiger partial charge in [0.15, 0.2) is 0 Å². The largest absolute Gasteiger partial charge is 0.497 e. The van der Waals surface area contributed by atoms with Crippen LogP contribution < -0.4 is 10.5 Å². The normalized spacial score (nSPS) is 12.4. The van der Waals surface area contributed by atoms with E-state index < -0.39 is 0 Å². The molecule has 0 atom stereocenters. The summed E-state index contributed by atoms with van der Waals surface area (Å²) in [5.74, 6) is 7.69. The van der Waals surface area contributed by atoms with Crippen molar-refractivity contribution in [2.45, 2.75) is 44.9 Å². The molecule has 3 rings (SSSR count). The smallest absolute Gasteiger partial charge is 0.204 e. The Balaban J connectivity index is 0.000000451. The number of primary amides is 1. The third-order valence-electron chi connectivity index (χ3n) is 4.85. The van der Waals surface area contributed by atoms with Crippen LogP contribution in [-0.2, 0) is 4.79 Å². The first-order valence-electron chi connectivity index (χ1n) is 10.9. The summed E-state index contributed by atoms with van der Waals surface area (Å²) >= 11 is 1.65. The SMILES string of the molecule is C=C(/C=C/C=C/c1ccc(C)cc1)Sc1cc(OC)ccc1C.CC#CC1CCC1.NC=O. The summed E-state index contributed by atoms with van der Waals surface area (Å²) in [4.78, 5) is 10.7. The van der Waals surface area contributed by atoms with Gasteiger partial charge in [-0.1, -0.05) is 78.9 Å². The highest BCUT2D eigenvalue weighted by Crippen LogP contribution is 2.32. The number of allylic oxidation sites excluding steroid dienone is 3. The van der Waals surface area contributed by atoms with Crippen molar-refractivity contribution in [1.29, 1.82) is 0 Å². The maximum absolute atomic E-state index is 8.58. The lowest BCUT2D eigenvalue weighted by atomic mass is 9.86. The Bertz CT molecular complexity index is 991. The van der Waals surface area contributed by atoms with E-state index in [-0.39, 0.29) is 6.41 Å². The van der Waals surface area contributed by atoms with E-state index in [9.17, 15) is 0 Å². The highest BCUT2D eigenvalue weighted by Gasteiger charge is 2.13. The van der Waals surface area contributed by atoms with E-state index in [1.54, 1.807) is 18.9 Å². The van der Waals surface area contributed by atoms with Gasteiger partial charge in [0.25, 0.3) is 0 Å². The van der Waals surface area contributed by atoms with Crippen LogP contribution in [0.4, 0.5) is 0 Å². The molecule has 0 aromatic heterocycles. The molecule has 174 valence electrons. The summed E-state index contributed by atoms with van der Waals surface area (Å²) in [5, 5.41) is 0. The number of carbonyl (C=O) groups is 1. The topological polar surface area (TPSA) is 52.3 Å². The predicted octanol–water partition coefficient (Wildman–Crippen LogP) is 7.10. The molecule has 1 aliphatic rings. The Morgan fingerprint density at radius 1 is 1.15 bits per heavy atom. The van der Waals surface area contributed by atoms with Gasteiger partial charge in [0.05, 0.1) is 7.11 Å². The van der Waals surface area contributed by atoms with E-state index in [0.29, 0.717) is 0 Å². The lowest BCUT2D eigenvalue weighted by Gasteiger charge is -2.18. The van der Waals surface area contributed by atoms with Crippen LogP contribution in [0.3, 0.4) is 0 Å². The number of amides is 1. The molecule has 2 N–H and O–H groups in total. The number of methoxy groups -OCH3 is 1. The quantitative estimate of drug-likeness (QED) is 0.216. The number of ether oxygens (including phenoxy) is 1. The van der Waals surface area contributed by atoms with E-state index in [1.807, 2.05) is 37.3 Å². The van der Waals surface area contributed by atoms with Crippen molar-refractivity contribution in [1.82, 2.24) is 0 Å². The minimum Gasteiger partial charge on any atom is -0.497 e. The molecule has 0 unspecified atom stereocenters. The second kappa shape index (κ2) is 16.5. The molecule has 1 saturated carbocycles. The molecule has 0 aliphatic heterocycles. The van der Waals surface area contributed by atoms with Gasteiger partial charge >= 0.3 is 0 Å². The summed E-state index contributed by atoms with van der Waals surface area (Å²) in [6.07, 6.45) is 12.5. The zero-order valence-corrected chi connectivity index (χ0v) is 21.0. The van der Waals surface area contributed by atoms with Crippen LogP contribution in [0.5, 0.6) is 5.75 Å². The van der Waals surface area contributed by atoms with Crippen molar-refractivity contribution < 1.29 is 9.53 Å². The van der Waals surface area contributed by atoms with E-state index >= 15 is 0 Å². The number of carbonyl (C=O) groups excluding carboxylic acids is 1. The lowest BCUT2D eigenvalue weighted by molar-refractivity contribution is -0.106. The number of hydrogen-bond acceptors (Lipinski definition) is 3. The van der Waals surface area contributed by atoms with Crippen molar-refractivity contribution in [3.05, 3.63) is 88.9 Å². The second-order valence-electron chi connectivity index (χ2n) is 7.49. The first-order chi connectivity index (χ1) is 15.9. The molecule has 0 bridgehead atoms. The third-order valence-corrected chi connectivity index (χ3v) is 5.91. The molecule has 0 spiro atoms. The lowest BCUT2D eigenvalue weighted by Crippen LogP contribution is -2.07. The van der Waals surface area contributed by atoms with Gasteiger partial charge in [0.2, 0.25) is 6.41 Å². The Kier molecular flexibility index (Phi) is 13.9. The van der Waals surface area contributed by atoms with Gasteiger partial charge in [0, 0.05) is 15.7 Å². The van der Waals surface area contributed by atoms with Gasteiger partial charge in [-0.25, -0.2) is 0 Å². The maximum Gasteiger partial charge on any atom is 0.204 e. The van der Waals surface area contributed by atoms with E-state index in [1.165, 1.54) is 40.8 Å². The first kappa shape index (κ1) is 27.9. The Labute approximate surface area is 203 Å². The molecule has 1 fully saturated rings. The van der Waals surface area contributed by atoms with Crippen molar-refractivity contribution >= 4 is 24.2 Å². The third kappa shape index (κ3) is 11.9. The van der Waals surface area contributed by atoms with Crippen molar-refractivity contribution in [3.63, 3.8) is 0 Å². The number of rotatable bonds is 6. The fourth-order valence-electron chi connectivity index (χ4n) is 2.76. The standard InChI is InChI=1S/C21H22OS.C7H10.CH3NO/c1-16-9-12-19(13-10-16)8-6-5-7-18(3)23-21-15-20(22-4)14-11-17(21)2;1-2-4-7-5-3-6-7;2-1-3/h5-15H,3H2,1-2,4H3;7H,3,5-6H2,1H3;1H,(H2,2,3)/b7-5+,8-6+;;. The van der Waals surface area contributed by atoms with Crippen LogP contribution in [0.1, 0.15) is 42.9 Å². The highest BCUT2D eigenvalue weighted by atomic mass is 32.2. The van der Waals surface area contributed by atoms with E-state index in [0.717, 1.165) is 16.6 Å². The maximum atomic E-state index is 8.58. The Hall–Kier alpha value is -3.16. The fourth-order valence-corrected chi connectivity index (χ4v) is 3.59. The second-order valence-corrected chi connectivity index (χ2v) is 8.66. The van der Waals surface area contributed by atoms with Crippen molar-refractivity contribution in [2.75, 3.05) is 7.11 Å². The molecule has 1 aliphatic carbocycles. The Morgan fingerprint density at radius 2 is 1.82 bits per heavy atom. The van der Waals surface area contributed by atoms with Crippen molar-refractivity contribution in [3.8, 4) is 17.6 Å². The minimum atomic E-state index is 0.250. The number of hydrogen-bond donors (Lipinski definition) is 1. The fraction of sp³-hybridized carbons (Fsp3) is 0.276. The number of aryl methyl sites for hydroxylation is 2. The van der Waals surface area contributed by atoms with E-state index in [2.05, 4.69) is 74.4 Å². The van der Waals surface area contributed by atoms with Gasteiger partial charge in [0.1, 0.15) is 5.75 Å². The predicted molar refractivity (Wildman–Crippen MR) is 143 cm³/mol. The Morgan fingerprint density at radius 3 is 2.33 bits per heavy atom. The monoisotopic (exact) mass is 461 g/mol. The summed E-state index contributed by atoms with van der Waals surface area (Å²) in [5.41, 5.74) is 7.86. The number of benzene rings is 2. The summed E-state index contributed by atoms with van der Waals surface area (Å²) < 4.78 is 5.28. The summed E-state index contributed by atoms with van der Waals surface area (Å²) in [6, 6.07) is 14.5. The zero-order chi connectivity index (χ0) is 24.5. The number of nitrogens with two attached hydrogens (primary N) is 1. The van der Waals surface area contributed by atoms with Gasteiger partial charge in [-0.05, 0) is 62.9 Å². The summed E-state index contributed by atoms with van der Waals surface area (Å²) in [7, 11) is 1.68. The minimum absolute atomic E-state index is 0.250. The molecule has 0 saturated heterocycles. The molecule has 33 heavy (non-hydrogen) atoms. The van der Waals surface area contributed by atoms with Crippen LogP contribution in [0, 0.1) is 31.6 Å². The number of thioether (sulfide) groups is 1. The molecule has 0 heterocycles. The van der Waals surface area contributed by atoms with Crippen LogP contribution in [0.2, 0.25) is 0 Å². The molecular formula is C29H35NO2S. The average molecular weight is 462 g/mol. The van der Waals surface area contributed by atoms with Crippen LogP contribution in [-0.4, -0.2) is 13.5 Å². The van der Waals surface area contributed by atoms with Gasteiger partial charge in [-0.2, -0.15) is 0 Å². The van der Waals surface area contributed by atoms with Gasteiger partial charge in [-0.3, -0.25) is 4.79 Å². The van der Waals surface area contributed by atoms with Gasteiger partial charge in [-0.15, -0.1) is 11.8 Å². The zero-order valence-electron chi connectivity index (χ0n) is 20.1. The van der Waals surface area contributed by atoms with Crippen molar-refractivity contribution in [2.24, 2.45) is 11.7 Å². The van der Waals surface area contributed by atoms with E-state index in [4.69, 9.17) is 9.53 Å². The highest BCUT2D eigenvalue weighted by molar-refractivity contribution is 8.03.